The second kappa shape index (κ2) is 5.54. The van der Waals surface area contributed by atoms with Crippen molar-refractivity contribution in [3.8, 4) is 0 Å². The molecular weight excluding hydrogens is 244 g/mol. The van der Waals surface area contributed by atoms with Crippen LogP contribution in [0.1, 0.15) is 27.7 Å². The van der Waals surface area contributed by atoms with E-state index >= 15 is 0 Å². The van der Waals surface area contributed by atoms with Gasteiger partial charge in [0.15, 0.2) is 0 Å². The predicted octanol–water partition coefficient (Wildman–Crippen LogP) is 3.45. The van der Waals surface area contributed by atoms with Crippen LogP contribution in [0.5, 0.6) is 0 Å². The molecule has 18 heavy (non-hydrogen) atoms. The molecule has 3 heteroatoms. The van der Waals surface area contributed by atoms with Crippen LogP contribution in [0.3, 0.4) is 0 Å². The Kier molecular flexibility index (Phi) is 4.23. The topological polar surface area (TPSA) is 26.3 Å². The minimum absolute atomic E-state index is 0.175. The molecule has 0 aliphatic carbocycles. The molecule has 2 rings (SSSR count). The quantitative estimate of drug-likeness (QED) is 0.819. The van der Waals surface area contributed by atoms with Crippen LogP contribution in [-0.2, 0) is 15.5 Å². The SMILES string of the molecule is CC1OC(S(=O)c2ccccc2)C(C)C(C)C1C. The van der Waals surface area contributed by atoms with Crippen LogP contribution in [0.4, 0.5) is 0 Å². The smallest absolute Gasteiger partial charge is 0.140 e. The molecule has 0 spiro atoms. The van der Waals surface area contributed by atoms with Crippen LogP contribution in [0.2, 0.25) is 0 Å². The summed E-state index contributed by atoms with van der Waals surface area (Å²) in [5.74, 6) is 1.37. The molecule has 0 N–H and O–H groups in total. The molecule has 0 aromatic heterocycles. The van der Waals surface area contributed by atoms with Crippen LogP contribution in [0.25, 0.3) is 0 Å². The molecule has 6 atom stereocenters. The van der Waals surface area contributed by atoms with Gasteiger partial charge in [-0.3, -0.25) is 4.21 Å². The van der Waals surface area contributed by atoms with E-state index in [-0.39, 0.29) is 11.5 Å². The molecular formula is C15H22O2S. The third kappa shape index (κ3) is 2.52. The molecule has 1 aromatic carbocycles. The Labute approximate surface area is 112 Å². The summed E-state index contributed by atoms with van der Waals surface area (Å²) in [6.07, 6.45) is 0.175. The van der Waals surface area contributed by atoms with Gasteiger partial charge in [0.2, 0.25) is 0 Å². The van der Waals surface area contributed by atoms with E-state index in [1.807, 2.05) is 30.3 Å². The van der Waals surface area contributed by atoms with E-state index in [0.717, 1.165) is 4.90 Å². The first kappa shape index (κ1) is 13.8. The van der Waals surface area contributed by atoms with Gasteiger partial charge in [0, 0.05) is 4.90 Å². The van der Waals surface area contributed by atoms with Gasteiger partial charge in [-0.15, -0.1) is 0 Å². The second-order valence-electron chi connectivity index (χ2n) is 5.40. The molecule has 1 fully saturated rings. The third-order valence-corrected chi connectivity index (χ3v) is 6.06. The second-order valence-corrected chi connectivity index (χ2v) is 6.93. The standard InChI is InChI=1S/C15H22O2S/c1-10-11(2)13(4)17-15(12(10)3)18(16)14-8-6-5-7-9-14/h5-13,15H,1-4H3. The maximum absolute atomic E-state index is 12.6. The van der Waals surface area contributed by atoms with Gasteiger partial charge in [-0.05, 0) is 36.8 Å². The maximum Gasteiger partial charge on any atom is 0.140 e. The van der Waals surface area contributed by atoms with Gasteiger partial charge >= 0.3 is 0 Å². The van der Waals surface area contributed by atoms with Gasteiger partial charge in [-0.2, -0.15) is 0 Å². The molecule has 0 radical (unpaired) electrons. The fourth-order valence-corrected chi connectivity index (χ4v) is 4.16. The largest absolute Gasteiger partial charge is 0.361 e. The van der Waals surface area contributed by atoms with Crippen LogP contribution in [0.15, 0.2) is 35.2 Å². The fraction of sp³-hybridized carbons (Fsp3) is 0.600. The van der Waals surface area contributed by atoms with Crippen molar-refractivity contribution in [2.45, 2.75) is 44.1 Å². The van der Waals surface area contributed by atoms with Crippen molar-refractivity contribution in [1.82, 2.24) is 0 Å². The zero-order chi connectivity index (χ0) is 13.3. The minimum atomic E-state index is -1.08. The zero-order valence-electron chi connectivity index (χ0n) is 11.5. The summed E-state index contributed by atoms with van der Waals surface area (Å²) < 4.78 is 18.6. The van der Waals surface area contributed by atoms with E-state index < -0.39 is 10.8 Å². The molecule has 1 saturated heterocycles. The number of benzene rings is 1. The van der Waals surface area contributed by atoms with E-state index in [2.05, 4.69) is 27.7 Å². The number of rotatable bonds is 2. The average Bonchev–Trinajstić information content (AvgIpc) is 2.41. The molecule has 1 aromatic rings. The van der Waals surface area contributed by atoms with Crippen LogP contribution in [-0.4, -0.2) is 15.7 Å². The molecule has 0 saturated carbocycles. The number of hydrogen-bond donors (Lipinski definition) is 0. The first-order valence-electron chi connectivity index (χ1n) is 6.63. The Morgan fingerprint density at radius 2 is 1.56 bits per heavy atom. The van der Waals surface area contributed by atoms with Gasteiger partial charge in [-0.1, -0.05) is 39.0 Å². The highest BCUT2D eigenvalue weighted by molar-refractivity contribution is 7.85. The summed E-state index contributed by atoms with van der Waals surface area (Å²) in [6.45, 7) is 8.69. The summed E-state index contributed by atoms with van der Waals surface area (Å²) in [5, 5.41) is 0. The molecule has 0 bridgehead atoms. The average molecular weight is 266 g/mol. The Bertz CT molecular complexity index is 418. The van der Waals surface area contributed by atoms with Crippen molar-refractivity contribution in [2.75, 3.05) is 0 Å². The summed E-state index contributed by atoms with van der Waals surface area (Å²) >= 11 is 0. The fourth-order valence-electron chi connectivity index (χ4n) is 2.55. The highest BCUT2D eigenvalue weighted by atomic mass is 32.2. The van der Waals surface area contributed by atoms with Crippen molar-refractivity contribution in [3.63, 3.8) is 0 Å². The Balaban J connectivity index is 2.20. The Hall–Kier alpha value is -0.670. The van der Waals surface area contributed by atoms with Crippen LogP contribution in [0, 0.1) is 17.8 Å². The van der Waals surface area contributed by atoms with Crippen molar-refractivity contribution >= 4 is 10.8 Å². The molecule has 100 valence electrons. The van der Waals surface area contributed by atoms with Gasteiger partial charge in [0.25, 0.3) is 0 Å². The lowest BCUT2D eigenvalue weighted by Gasteiger charge is -2.42. The third-order valence-electron chi connectivity index (χ3n) is 4.36. The minimum Gasteiger partial charge on any atom is -0.361 e. The molecule has 1 heterocycles. The van der Waals surface area contributed by atoms with E-state index in [9.17, 15) is 4.21 Å². The summed E-state index contributed by atoms with van der Waals surface area (Å²) in [5.41, 5.74) is -0.186. The monoisotopic (exact) mass is 266 g/mol. The van der Waals surface area contributed by atoms with Crippen molar-refractivity contribution in [2.24, 2.45) is 17.8 Å². The normalized spacial score (nSPS) is 38.3. The van der Waals surface area contributed by atoms with Gasteiger partial charge < -0.3 is 4.74 Å². The van der Waals surface area contributed by atoms with E-state index in [4.69, 9.17) is 4.74 Å². The summed E-state index contributed by atoms with van der Waals surface area (Å²) in [4.78, 5) is 0.864. The highest BCUT2D eigenvalue weighted by Gasteiger charge is 2.40. The summed E-state index contributed by atoms with van der Waals surface area (Å²) in [6, 6.07) is 9.63. The van der Waals surface area contributed by atoms with E-state index in [0.29, 0.717) is 17.8 Å². The summed E-state index contributed by atoms with van der Waals surface area (Å²) in [7, 11) is -1.08. The first-order valence-corrected chi connectivity index (χ1v) is 7.84. The first-order chi connectivity index (χ1) is 8.52. The lowest BCUT2D eigenvalue weighted by molar-refractivity contribution is -0.0862. The highest BCUT2D eigenvalue weighted by Crippen LogP contribution is 2.37. The molecule has 0 amide bonds. The van der Waals surface area contributed by atoms with Gasteiger partial charge in [-0.25, -0.2) is 0 Å². The van der Waals surface area contributed by atoms with Gasteiger partial charge in [0.05, 0.1) is 16.9 Å². The van der Waals surface area contributed by atoms with Crippen molar-refractivity contribution in [3.05, 3.63) is 30.3 Å². The molecule has 1 aliphatic rings. The Morgan fingerprint density at radius 1 is 0.944 bits per heavy atom. The van der Waals surface area contributed by atoms with Crippen LogP contribution >= 0.6 is 0 Å². The maximum atomic E-state index is 12.6. The van der Waals surface area contributed by atoms with Crippen LogP contribution < -0.4 is 0 Å². The van der Waals surface area contributed by atoms with Crippen molar-refractivity contribution in [1.29, 1.82) is 0 Å². The predicted molar refractivity (Wildman–Crippen MR) is 74.7 cm³/mol. The van der Waals surface area contributed by atoms with E-state index in [1.165, 1.54) is 0 Å². The van der Waals surface area contributed by atoms with E-state index in [1.54, 1.807) is 0 Å². The molecule has 2 nitrogen and oxygen atoms in total. The number of hydrogen-bond acceptors (Lipinski definition) is 2. The Morgan fingerprint density at radius 3 is 2.17 bits per heavy atom. The van der Waals surface area contributed by atoms with Gasteiger partial charge in [0.1, 0.15) is 5.44 Å². The molecule has 1 aliphatic heterocycles. The van der Waals surface area contributed by atoms with Crippen molar-refractivity contribution < 1.29 is 8.95 Å². The molecule has 6 unspecified atom stereocenters. The lowest BCUT2D eigenvalue weighted by Crippen LogP contribution is -2.45. The lowest BCUT2D eigenvalue weighted by atomic mass is 9.80. The zero-order valence-corrected chi connectivity index (χ0v) is 12.3. The number of ether oxygens (including phenoxy) is 1.